The van der Waals surface area contributed by atoms with E-state index in [1.165, 1.54) is 24.8 Å². The molecule has 1 aliphatic rings. The first-order valence-electron chi connectivity index (χ1n) is 14.4. The number of aliphatic hydroxyl groups is 2. The fourth-order valence-corrected chi connectivity index (χ4v) is 5.55. The Hall–Kier alpha value is -3.52. The number of H-pyrrole nitrogens is 1. The van der Waals surface area contributed by atoms with Crippen LogP contribution in [0.2, 0.25) is 0 Å². The number of ether oxygens (including phenoxy) is 1. The van der Waals surface area contributed by atoms with Crippen molar-refractivity contribution in [3.8, 4) is 11.5 Å². The Morgan fingerprint density at radius 1 is 0.950 bits per heavy atom. The summed E-state index contributed by atoms with van der Waals surface area (Å²) in [6.07, 6.45) is 3.85. The number of β-amino-alcohol motifs (C(OH)–C–C–N with tert-alkyl or cyclic N) is 1. The number of piperidine rings is 1. The molecule has 7 nitrogen and oxygen atoms in total. The highest BCUT2D eigenvalue weighted by Crippen LogP contribution is 2.32. The molecule has 0 saturated carbocycles. The van der Waals surface area contributed by atoms with Gasteiger partial charge in [0.1, 0.15) is 17.6 Å². The average Bonchev–Trinajstić information content (AvgIpc) is 3.32. The van der Waals surface area contributed by atoms with E-state index in [1.807, 2.05) is 36.4 Å². The van der Waals surface area contributed by atoms with Gasteiger partial charge in [0.05, 0.1) is 18.4 Å². The number of phenols is 1. The van der Waals surface area contributed by atoms with Crippen LogP contribution in [0, 0.1) is 6.92 Å². The minimum atomic E-state index is -0.809. The molecule has 1 aromatic heterocycles. The van der Waals surface area contributed by atoms with Crippen LogP contribution in [0.1, 0.15) is 54.2 Å². The van der Waals surface area contributed by atoms with Crippen molar-refractivity contribution in [3.63, 3.8) is 0 Å². The fraction of sp³-hybridized carbons (Fsp3) is 0.394. The molecule has 5 N–H and O–H groups in total. The molecule has 0 bridgehead atoms. The number of anilines is 1. The lowest BCUT2D eigenvalue weighted by atomic mass is 9.99. The van der Waals surface area contributed by atoms with E-state index in [0.717, 1.165) is 58.7 Å². The van der Waals surface area contributed by atoms with Crippen LogP contribution in [0.15, 0.2) is 66.7 Å². The summed E-state index contributed by atoms with van der Waals surface area (Å²) in [6.45, 7) is 6.08. The van der Waals surface area contributed by atoms with E-state index in [-0.39, 0.29) is 11.9 Å². The maximum atomic E-state index is 11.4. The zero-order valence-electron chi connectivity index (χ0n) is 23.3. The predicted molar refractivity (Wildman–Crippen MR) is 160 cm³/mol. The number of aromatic amines is 1. The first kappa shape index (κ1) is 28.0. The van der Waals surface area contributed by atoms with Crippen molar-refractivity contribution in [2.24, 2.45) is 0 Å². The smallest absolute Gasteiger partial charge is 0.119 e. The Morgan fingerprint density at radius 3 is 2.45 bits per heavy atom. The van der Waals surface area contributed by atoms with E-state index in [4.69, 9.17) is 4.74 Å². The van der Waals surface area contributed by atoms with E-state index < -0.39 is 6.10 Å². The van der Waals surface area contributed by atoms with Crippen LogP contribution in [-0.2, 0) is 6.42 Å². The van der Waals surface area contributed by atoms with Gasteiger partial charge >= 0.3 is 0 Å². The highest BCUT2D eigenvalue weighted by molar-refractivity contribution is 5.85. The van der Waals surface area contributed by atoms with Crippen molar-refractivity contribution < 1.29 is 20.1 Å². The maximum Gasteiger partial charge on any atom is 0.119 e. The number of aromatic nitrogens is 1. The van der Waals surface area contributed by atoms with E-state index in [2.05, 4.69) is 40.3 Å². The lowest BCUT2D eigenvalue weighted by Gasteiger charge is -2.28. The van der Waals surface area contributed by atoms with Gasteiger partial charge in [-0.3, -0.25) is 0 Å². The van der Waals surface area contributed by atoms with E-state index in [9.17, 15) is 15.3 Å². The molecular formula is C33H41N3O4. The summed E-state index contributed by atoms with van der Waals surface area (Å²) in [6, 6.07) is 20.9. The molecule has 0 spiro atoms. The maximum absolute atomic E-state index is 11.4. The van der Waals surface area contributed by atoms with Gasteiger partial charge in [0, 0.05) is 36.1 Å². The van der Waals surface area contributed by atoms with Gasteiger partial charge in [-0.1, -0.05) is 30.2 Å². The summed E-state index contributed by atoms with van der Waals surface area (Å²) in [7, 11) is 0. The number of fused-ring (bicyclic) bond motifs is 1. The summed E-state index contributed by atoms with van der Waals surface area (Å²) in [4.78, 5) is 5.81. The van der Waals surface area contributed by atoms with Crippen molar-refractivity contribution in [2.75, 3.05) is 38.1 Å². The molecule has 40 heavy (non-hydrogen) atoms. The van der Waals surface area contributed by atoms with Crippen LogP contribution in [0.5, 0.6) is 11.5 Å². The summed E-state index contributed by atoms with van der Waals surface area (Å²) in [5, 5.41) is 35.9. The topological polar surface area (TPSA) is 101 Å². The number of nitrogens with zero attached hydrogens (tertiary/aromatic N) is 1. The second-order valence-electron chi connectivity index (χ2n) is 10.9. The van der Waals surface area contributed by atoms with Crippen LogP contribution in [-0.4, -0.2) is 64.1 Å². The van der Waals surface area contributed by atoms with Crippen LogP contribution in [0.3, 0.4) is 0 Å². The third kappa shape index (κ3) is 7.16. The van der Waals surface area contributed by atoms with Crippen molar-refractivity contribution in [1.29, 1.82) is 0 Å². The van der Waals surface area contributed by atoms with E-state index >= 15 is 0 Å². The Labute approximate surface area is 236 Å². The average molecular weight is 544 g/mol. The number of benzene rings is 3. The quantitative estimate of drug-likeness (QED) is 0.151. The molecule has 2 atom stereocenters. The van der Waals surface area contributed by atoms with E-state index in [1.54, 1.807) is 12.1 Å². The summed E-state index contributed by atoms with van der Waals surface area (Å²) in [5.74, 6) is 0.969. The van der Waals surface area contributed by atoms with Crippen LogP contribution in [0.4, 0.5) is 5.69 Å². The number of aryl methyl sites for hydroxylation is 1. The number of phenolic OH excluding ortho intramolecular Hbond substituents is 1. The van der Waals surface area contributed by atoms with Crippen LogP contribution >= 0.6 is 0 Å². The van der Waals surface area contributed by atoms with E-state index in [0.29, 0.717) is 26.1 Å². The minimum absolute atomic E-state index is 0.241. The Balaban J connectivity index is 1.22. The van der Waals surface area contributed by atoms with Gasteiger partial charge in [0.2, 0.25) is 0 Å². The molecule has 2 unspecified atom stereocenters. The first-order chi connectivity index (χ1) is 19.5. The zero-order valence-corrected chi connectivity index (χ0v) is 23.3. The van der Waals surface area contributed by atoms with Crippen molar-refractivity contribution in [3.05, 3.63) is 89.1 Å². The fourth-order valence-electron chi connectivity index (χ4n) is 5.55. The Morgan fingerprint density at radius 2 is 1.70 bits per heavy atom. The Bertz CT molecular complexity index is 1360. The van der Waals surface area contributed by atoms with Crippen molar-refractivity contribution in [1.82, 2.24) is 9.88 Å². The molecule has 0 aliphatic carbocycles. The lowest BCUT2D eigenvalue weighted by Crippen LogP contribution is -2.36. The molecule has 0 amide bonds. The minimum Gasteiger partial charge on any atom is -0.508 e. The highest BCUT2D eigenvalue weighted by Gasteiger charge is 2.20. The third-order valence-electron chi connectivity index (χ3n) is 7.77. The Kier molecular flexibility index (Phi) is 9.26. The molecule has 0 radical (unpaired) electrons. The summed E-state index contributed by atoms with van der Waals surface area (Å²) >= 11 is 0. The monoisotopic (exact) mass is 543 g/mol. The van der Waals surface area contributed by atoms with Gasteiger partial charge in [-0.25, -0.2) is 0 Å². The molecule has 5 rings (SSSR count). The van der Waals surface area contributed by atoms with Crippen LogP contribution < -0.4 is 10.1 Å². The first-order valence-corrected chi connectivity index (χ1v) is 14.4. The molecule has 1 aliphatic heterocycles. The molecule has 212 valence electrons. The normalized spacial score (nSPS) is 15.7. The number of likely N-dealkylation sites (tertiary alicyclic amines) is 1. The van der Waals surface area contributed by atoms with Gasteiger partial charge in [-0.05, 0) is 98.9 Å². The molecule has 2 heterocycles. The second-order valence-corrected chi connectivity index (χ2v) is 10.9. The number of hydrogen-bond acceptors (Lipinski definition) is 6. The summed E-state index contributed by atoms with van der Waals surface area (Å²) in [5.41, 5.74) is 5.77. The number of nitrogens with one attached hydrogen (secondary N) is 2. The van der Waals surface area contributed by atoms with Crippen molar-refractivity contribution >= 4 is 16.6 Å². The summed E-state index contributed by atoms with van der Waals surface area (Å²) < 4.78 is 5.90. The second kappa shape index (κ2) is 13.2. The number of aromatic hydroxyl groups is 1. The molecule has 1 saturated heterocycles. The van der Waals surface area contributed by atoms with Gasteiger partial charge in [0.25, 0.3) is 0 Å². The van der Waals surface area contributed by atoms with Gasteiger partial charge < -0.3 is 35.3 Å². The zero-order chi connectivity index (χ0) is 27.9. The third-order valence-corrected chi connectivity index (χ3v) is 7.77. The number of hydrogen-bond donors (Lipinski definition) is 5. The number of aliphatic hydroxyl groups excluding tert-OH is 2. The number of rotatable bonds is 12. The molecule has 1 fully saturated rings. The van der Waals surface area contributed by atoms with Gasteiger partial charge in [-0.2, -0.15) is 0 Å². The largest absolute Gasteiger partial charge is 0.508 e. The standard InChI is InChI=1S/C33H41N3O4/c1-23-5-14-31-30(21-23)29(15-17-34-25-8-10-26(37)11-9-25)32(35-31)33(39)24-6-12-28(13-7-24)40-20-16-27(38)22-36-18-3-2-4-19-36/h5-14,21,27,33-35,37-39H,2-4,15-20,22H2,1H3. The molecule has 4 aromatic rings. The molecule has 3 aromatic carbocycles. The highest BCUT2D eigenvalue weighted by atomic mass is 16.5. The SMILES string of the molecule is Cc1ccc2[nH]c(C(O)c3ccc(OCCC(O)CN4CCCCC4)cc3)c(CCNc3ccc(O)cc3)c2c1. The van der Waals surface area contributed by atoms with Crippen LogP contribution in [0.25, 0.3) is 10.9 Å². The van der Waals surface area contributed by atoms with Gasteiger partial charge in [0.15, 0.2) is 0 Å². The lowest BCUT2D eigenvalue weighted by molar-refractivity contribution is 0.0826. The molecular weight excluding hydrogens is 502 g/mol. The molecule has 7 heteroatoms. The van der Waals surface area contributed by atoms with Crippen molar-refractivity contribution in [2.45, 2.75) is 51.2 Å². The van der Waals surface area contributed by atoms with Gasteiger partial charge in [-0.15, -0.1) is 0 Å². The predicted octanol–water partition coefficient (Wildman–Crippen LogP) is 5.53.